The average molecular weight is 495 g/mol. The lowest BCUT2D eigenvalue weighted by Crippen LogP contribution is -2.52. The van der Waals surface area contributed by atoms with E-state index in [1.807, 2.05) is 51.1 Å². The van der Waals surface area contributed by atoms with E-state index in [1.54, 1.807) is 29.2 Å². The molecule has 1 heterocycles. The SMILES string of the molecule is CCOc1ccc(NC(=O)[C@H](Cc2ccccc2)NC(=O)C2CCN(C(=O)[C@@H](N)C(C)C)CC2)cc1. The number of hydrogen-bond donors (Lipinski definition) is 3. The topological polar surface area (TPSA) is 114 Å². The van der Waals surface area contributed by atoms with Gasteiger partial charge in [-0.15, -0.1) is 0 Å². The Hall–Kier alpha value is -3.39. The molecule has 0 aliphatic carbocycles. The standard InChI is InChI=1S/C28H38N4O4/c1-4-36-23-12-10-22(11-13-23)30-27(34)24(18-20-8-6-5-7-9-20)31-26(33)21-14-16-32(17-15-21)28(35)25(29)19(2)3/h5-13,19,21,24-25H,4,14-18,29H2,1-3H3,(H,30,34)(H,31,33)/t24-,25-/m0/s1. The molecule has 3 rings (SSSR count). The van der Waals surface area contributed by atoms with Crippen molar-refractivity contribution < 1.29 is 19.1 Å². The third-order valence-corrected chi connectivity index (χ3v) is 6.53. The molecule has 0 bridgehead atoms. The van der Waals surface area contributed by atoms with Crippen molar-refractivity contribution in [3.63, 3.8) is 0 Å². The van der Waals surface area contributed by atoms with Crippen molar-refractivity contribution in [1.29, 1.82) is 0 Å². The monoisotopic (exact) mass is 494 g/mol. The Kier molecular flexibility index (Phi) is 9.87. The van der Waals surface area contributed by atoms with Crippen molar-refractivity contribution in [2.45, 2.75) is 52.1 Å². The maximum absolute atomic E-state index is 13.2. The fraction of sp³-hybridized carbons (Fsp3) is 0.464. The zero-order chi connectivity index (χ0) is 26.1. The van der Waals surface area contributed by atoms with Crippen molar-refractivity contribution in [3.8, 4) is 5.75 Å². The Bertz CT molecular complexity index is 1000. The highest BCUT2D eigenvalue weighted by Crippen LogP contribution is 2.20. The van der Waals surface area contributed by atoms with Gasteiger partial charge in [0.25, 0.3) is 0 Å². The zero-order valence-electron chi connectivity index (χ0n) is 21.4. The molecule has 2 aromatic carbocycles. The number of carbonyl (C=O) groups is 3. The lowest BCUT2D eigenvalue weighted by atomic mass is 9.93. The van der Waals surface area contributed by atoms with E-state index in [4.69, 9.17) is 10.5 Å². The van der Waals surface area contributed by atoms with E-state index < -0.39 is 12.1 Å². The summed E-state index contributed by atoms with van der Waals surface area (Å²) in [6, 6.07) is 15.5. The molecule has 0 aromatic heterocycles. The fourth-order valence-electron chi connectivity index (χ4n) is 4.24. The molecule has 2 atom stereocenters. The number of nitrogens with one attached hydrogen (secondary N) is 2. The number of piperidine rings is 1. The molecule has 8 nitrogen and oxygen atoms in total. The number of hydrogen-bond acceptors (Lipinski definition) is 5. The summed E-state index contributed by atoms with van der Waals surface area (Å²) in [6.45, 7) is 7.30. The number of rotatable bonds is 10. The first-order valence-corrected chi connectivity index (χ1v) is 12.7. The highest BCUT2D eigenvalue weighted by atomic mass is 16.5. The number of likely N-dealkylation sites (tertiary alicyclic amines) is 1. The second kappa shape index (κ2) is 13.1. The molecule has 1 aliphatic heterocycles. The third kappa shape index (κ3) is 7.55. The van der Waals surface area contributed by atoms with E-state index in [2.05, 4.69) is 10.6 Å². The normalized spacial score (nSPS) is 15.8. The summed E-state index contributed by atoms with van der Waals surface area (Å²) < 4.78 is 5.46. The Morgan fingerprint density at radius 2 is 1.67 bits per heavy atom. The van der Waals surface area contributed by atoms with Gasteiger partial charge in [0.05, 0.1) is 12.6 Å². The number of ether oxygens (including phenoxy) is 1. The summed E-state index contributed by atoms with van der Waals surface area (Å²) in [5, 5.41) is 5.88. The van der Waals surface area contributed by atoms with E-state index in [-0.39, 0.29) is 29.6 Å². The molecule has 0 radical (unpaired) electrons. The quantitative estimate of drug-likeness (QED) is 0.470. The van der Waals surface area contributed by atoms with E-state index in [0.717, 1.165) is 11.3 Å². The minimum absolute atomic E-state index is 0.0613. The molecule has 1 aliphatic rings. The highest BCUT2D eigenvalue weighted by molar-refractivity contribution is 5.97. The van der Waals surface area contributed by atoms with Crippen LogP contribution in [-0.2, 0) is 20.8 Å². The average Bonchev–Trinajstić information content (AvgIpc) is 2.89. The van der Waals surface area contributed by atoms with Crippen LogP contribution in [0.5, 0.6) is 5.75 Å². The van der Waals surface area contributed by atoms with Gasteiger partial charge in [-0.1, -0.05) is 44.2 Å². The maximum atomic E-state index is 13.2. The second-order valence-electron chi connectivity index (χ2n) is 9.57. The van der Waals surface area contributed by atoms with Crippen molar-refractivity contribution in [1.82, 2.24) is 10.2 Å². The minimum Gasteiger partial charge on any atom is -0.494 e. The molecule has 0 saturated carbocycles. The highest BCUT2D eigenvalue weighted by Gasteiger charge is 2.32. The first-order chi connectivity index (χ1) is 17.3. The van der Waals surface area contributed by atoms with Crippen molar-refractivity contribution in [3.05, 3.63) is 60.2 Å². The number of anilines is 1. The smallest absolute Gasteiger partial charge is 0.247 e. The van der Waals surface area contributed by atoms with E-state index in [9.17, 15) is 14.4 Å². The van der Waals surface area contributed by atoms with Crippen LogP contribution in [0.4, 0.5) is 5.69 Å². The van der Waals surface area contributed by atoms with Crippen LogP contribution in [0.15, 0.2) is 54.6 Å². The molecule has 0 unspecified atom stereocenters. The van der Waals surface area contributed by atoms with Crippen LogP contribution in [0.3, 0.4) is 0 Å². The molecule has 0 spiro atoms. The van der Waals surface area contributed by atoms with Crippen molar-refractivity contribution >= 4 is 23.4 Å². The van der Waals surface area contributed by atoms with Crippen LogP contribution in [0.1, 0.15) is 39.2 Å². The summed E-state index contributed by atoms with van der Waals surface area (Å²) in [5.74, 6) is 0.00120. The Balaban J connectivity index is 1.63. The lowest BCUT2D eigenvalue weighted by molar-refractivity contribution is -0.137. The zero-order valence-corrected chi connectivity index (χ0v) is 21.4. The molecule has 4 N–H and O–H groups in total. The Labute approximate surface area is 213 Å². The summed E-state index contributed by atoms with van der Waals surface area (Å²) in [6.07, 6.45) is 1.46. The van der Waals surface area contributed by atoms with Gasteiger partial charge in [-0.25, -0.2) is 0 Å². The maximum Gasteiger partial charge on any atom is 0.247 e. The van der Waals surface area contributed by atoms with Crippen LogP contribution in [0.2, 0.25) is 0 Å². The van der Waals surface area contributed by atoms with Crippen LogP contribution < -0.4 is 21.1 Å². The van der Waals surface area contributed by atoms with Gasteiger partial charge in [-0.05, 0) is 55.5 Å². The fourth-order valence-corrected chi connectivity index (χ4v) is 4.24. The van der Waals surface area contributed by atoms with E-state index >= 15 is 0 Å². The Morgan fingerprint density at radius 1 is 1.03 bits per heavy atom. The number of nitrogens with zero attached hydrogens (tertiary/aromatic N) is 1. The number of nitrogens with two attached hydrogens (primary N) is 1. The number of carbonyl (C=O) groups excluding carboxylic acids is 3. The van der Waals surface area contributed by atoms with Crippen molar-refractivity contribution in [2.24, 2.45) is 17.6 Å². The molecule has 3 amide bonds. The van der Waals surface area contributed by atoms with Gasteiger partial charge in [-0.3, -0.25) is 14.4 Å². The molecule has 1 fully saturated rings. The first kappa shape index (κ1) is 27.2. The van der Waals surface area contributed by atoms with Crippen LogP contribution >= 0.6 is 0 Å². The molecule has 1 saturated heterocycles. The van der Waals surface area contributed by atoms with Crippen LogP contribution in [0, 0.1) is 11.8 Å². The van der Waals surface area contributed by atoms with Crippen LogP contribution in [0.25, 0.3) is 0 Å². The van der Waals surface area contributed by atoms with Crippen molar-refractivity contribution in [2.75, 3.05) is 25.0 Å². The molecular formula is C28H38N4O4. The van der Waals surface area contributed by atoms with Gasteiger partial charge in [-0.2, -0.15) is 0 Å². The largest absolute Gasteiger partial charge is 0.494 e. The molecule has 36 heavy (non-hydrogen) atoms. The lowest BCUT2D eigenvalue weighted by Gasteiger charge is -2.34. The van der Waals surface area contributed by atoms with E-state index in [1.165, 1.54) is 0 Å². The number of amides is 3. The number of benzene rings is 2. The minimum atomic E-state index is -0.736. The molecule has 8 heteroatoms. The van der Waals surface area contributed by atoms with Gasteiger partial charge in [0.15, 0.2) is 0 Å². The molecular weight excluding hydrogens is 456 g/mol. The predicted molar refractivity (Wildman–Crippen MR) is 140 cm³/mol. The summed E-state index contributed by atoms with van der Waals surface area (Å²) in [4.78, 5) is 40.7. The predicted octanol–water partition coefficient (Wildman–Crippen LogP) is 2.97. The van der Waals surface area contributed by atoms with Gasteiger partial charge in [0, 0.05) is 31.1 Å². The summed E-state index contributed by atoms with van der Waals surface area (Å²) in [7, 11) is 0. The Morgan fingerprint density at radius 3 is 2.25 bits per heavy atom. The van der Waals surface area contributed by atoms with Crippen LogP contribution in [-0.4, -0.2) is 54.4 Å². The van der Waals surface area contributed by atoms with Gasteiger partial charge in [0.1, 0.15) is 11.8 Å². The van der Waals surface area contributed by atoms with Gasteiger partial charge in [0.2, 0.25) is 17.7 Å². The van der Waals surface area contributed by atoms with Gasteiger partial charge < -0.3 is 26.0 Å². The molecule has 194 valence electrons. The third-order valence-electron chi connectivity index (χ3n) is 6.53. The molecule has 2 aromatic rings. The first-order valence-electron chi connectivity index (χ1n) is 12.7. The summed E-state index contributed by atoms with van der Waals surface area (Å²) >= 11 is 0. The second-order valence-corrected chi connectivity index (χ2v) is 9.57. The summed E-state index contributed by atoms with van der Waals surface area (Å²) in [5.41, 5.74) is 7.60. The van der Waals surface area contributed by atoms with Gasteiger partial charge >= 0.3 is 0 Å². The van der Waals surface area contributed by atoms with E-state index in [0.29, 0.717) is 44.6 Å².